The highest BCUT2D eigenvalue weighted by molar-refractivity contribution is 5.76. The molecule has 0 radical (unpaired) electrons. The maximum Gasteiger partial charge on any atom is 0.222 e. The van der Waals surface area contributed by atoms with Crippen molar-refractivity contribution in [2.45, 2.75) is 64.8 Å². The van der Waals surface area contributed by atoms with E-state index in [1.54, 1.807) is 0 Å². The van der Waals surface area contributed by atoms with Crippen LogP contribution >= 0.6 is 0 Å². The Morgan fingerprint density at radius 2 is 1.62 bits per heavy atom. The van der Waals surface area contributed by atoms with Crippen LogP contribution in [0.15, 0.2) is 54.6 Å². The Balaban J connectivity index is 1.55. The van der Waals surface area contributed by atoms with Crippen LogP contribution in [0.3, 0.4) is 0 Å². The minimum Gasteiger partial charge on any atom is -0.457 e. The summed E-state index contributed by atoms with van der Waals surface area (Å²) in [6.07, 6.45) is 9.20. The molecule has 1 fully saturated rings. The molecule has 0 saturated carbocycles. The van der Waals surface area contributed by atoms with E-state index in [4.69, 9.17) is 9.47 Å². The van der Waals surface area contributed by atoms with Gasteiger partial charge in [-0.05, 0) is 36.2 Å². The molecule has 2 aromatic carbocycles. The largest absolute Gasteiger partial charge is 0.457 e. The lowest BCUT2D eigenvalue weighted by molar-refractivity contribution is -0.132. The SMILES string of the molecule is CCCCCCCCCC(=O)N(CCN1CCOCC1)Cc1cccc(Oc2ccccc2)c1. The van der Waals surface area contributed by atoms with Gasteiger partial charge in [0.2, 0.25) is 5.91 Å². The van der Waals surface area contributed by atoms with Crippen LogP contribution in [0.4, 0.5) is 0 Å². The summed E-state index contributed by atoms with van der Waals surface area (Å²) in [4.78, 5) is 17.6. The minimum atomic E-state index is 0.260. The van der Waals surface area contributed by atoms with Crippen molar-refractivity contribution < 1.29 is 14.3 Å². The number of benzene rings is 2. The summed E-state index contributed by atoms with van der Waals surface area (Å²) in [5.74, 6) is 1.88. The molecule has 3 rings (SSSR count). The maximum absolute atomic E-state index is 13.2. The van der Waals surface area contributed by atoms with Gasteiger partial charge in [0.05, 0.1) is 13.2 Å². The smallest absolute Gasteiger partial charge is 0.222 e. The number of amides is 1. The molecule has 1 aliphatic heterocycles. The second-order valence-electron chi connectivity index (χ2n) is 9.20. The van der Waals surface area contributed by atoms with Crippen molar-refractivity contribution in [3.63, 3.8) is 0 Å². The molecule has 0 aromatic heterocycles. The number of ether oxygens (including phenoxy) is 2. The van der Waals surface area contributed by atoms with Gasteiger partial charge in [-0.1, -0.05) is 75.8 Å². The van der Waals surface area contributed by atoms with Gasteiger partial charge in [0.1, 0.15) is 11.5 Å². The monoisotopic (exact) mass is 466 g/mol. The van der Waals surface area contributed by atoms with Crippen molar-refractivity contribution in [1.29, 1.82) is 0 Å². The first-order chi connectivity index (χ1) is 16.7. The molecule has 0 spiro atoms. The lowest BCUT2D eigenvalue weighted by Gasteiger charge is -2.30. The highest BCUT2D eigenvalue weighted by atomic mass is 16.5. The van der Waals surface area contributed by atoms with Crippen molar-refractivity contribution in [3.05, 3.63) is 60.2 Å². The fraction of sp³-hybridized carbons (Fsp3) is 0.552. The van der Waals surface area contributed by atoms with E-state index in [1.807, 2.05) is 47.4 Å². The molecule has 1 saturated heterocycles. The van der Waals surface area contributed by atoms with Crippen LogP contribution in [0.1, 0.15) is 63.9 Å². The zero-order chi connectivity index (χ0) is 23.8. The number of hydrogen-bond acceptors (Lipinski definition) is 4. The zero-order valence-electron chi connectivity index (χ0n) is 20.9. The fourth-order valence-corrected chi connectivity index (χ4v) is 4.32. The number of nitrogens with zero attached hydrogens (tertiary/aromatic N) is 2. The third-order valence-corrected chi connectivity index (χ3v) is 6.39. The van der Waals surface area contributed by atoms with E-state index in [0.717, 1.165) is 69.3 Å². The van der Waals surface area contributed by atoms with E-state index in [-0.39, 0.29) is 5.91 Å². The Kier molecular flexibility index (Phi) is 12.0. The fourth-order valence-electron chi connectivity index (χ4n) is 4.32. The second kappa shape index (κ2) is 15.5. The molecule has 34 heavy (non-hydrogen) atoms. The van der Waals surface area contributed by atoms with Crippen molar-refractivity contribution in [1.82, 2.24) is 9.80 Å². The van der Waals surface area contributed by atoms with Gasteiger partial charge in [-0.3, -0.25) is 9.69 Å². The Hall–Kier alpha value is -2.37. The molecular weight excluding hydrogens is 424 g/mol. The predicted molar refractivity (Wildman–Crippen MR) is 138 cm³/mol. The number of rotatable bonds is 15. The van der Waals surface area contributed by atoms with Crippen molar-refractivity contribution in [2.75, 3.05) is 39.4 Å². The van der Waals surface area contributed by atoms with Gasteiger partial charge in [0.15, 0.2) is 0 Å². The van der Waals surface area contributed by atoms with Gasteiger partial charge in [-0.2, -0.15) is 0 Å². The zero-order valence-corrected chi connectivity index (χ0v) is 20.9. The van der Waals surface area contributed by atoms with Crippen LogP contribution in [-0.2, 0) is 16.1 Å². The van der Waals surface area contributed by atoms with Crippen molar-refractivity contribution in [2.24, 2.45) is 0 Å². The summed E-state index contributed by atoms with van der Waals surface area (Å²) < 4.78 is 11.5. The Labute approximate surface area is 206 Å². The van der Waals surface area contributed by atoms with Gasteiger partial charge < -0.3 is 14.4 Å². The van der Waals surface area contributed by atoms with Crippen molar-refractivity contribution in [3.8, 4) is 11.5 Å². The number of hydrogen-bond donors (Lipinski definition) is 0. The van der Waals surface area contributed by atoms with E-state index in [1.165, 1.54) is 32.1 Å². The molecule has 0 N–H and O–H groups in total. The normalized spacial score (nSPS) is 14.1. The average molecular weight is 467 g/mol. The van der Waals surface area contributed by atoms with Crippen LogP contribution in [0.2, 0.25) is 0 Å². The summed E-state index contributed by atoms with van der Waals surface area (Å²) in [7, 11) is 0. The van der Waals surface area contributed by atoms with E-state index in [0.29, 0.717) is 13.0 Å². The predicted octanol–water partition coefficient (Wildman–Crippen LogP) is 6.28. The Morgan fingerprint density at radius 3 is 2.38 bits per heavy atom. The molecular formula is C29H42N2O3. The maximum atomic E-state index is 13.2. The molecule has 1 amide bonds. The van der Waals surface area contributed by atoms with Crippen LogP contribution in [-0.4, -0.2) is 55.1 Å². The average Bonchev–Trinajstić information content (AvgIpc) is 2.87. The molecule has 5 heteroatoms. The molecule has 0 bridgehead atoms. The first-order valence-electron chi connectivity index (χ1n) is 13.1. The summed E-state index contributed by atoms with van der Waals surface area (Å²) >= 11 is 0. The minimum absolute atomic E-state index is 0.260. The number of carbonyl (C=O) groups excluding carboxylic acids is 1. The lowest BCUT2D eigenvalue weighted by atomic mass is 10.1. The van der Waals surface area contributed by atoms with Crippen LogP contribution in [0.5, 0.6) is 11.5 Å². The molecule has 0 atom stereocenters. The van der Waals surface area contributed by atoms with Gasteiger partial charge in [0.25, 0.3) is 0 Å². The third-order valence-electron chi connectivity index (χ3n) is 6.39. The molecule has 1 heterocycles. The highest BCUT2D eigenvalue weighted by Gasteiger charge is 2.17. The number of morpholine rings is 1. The van der Waals surface area contributed by atoms with E-state index in [9.17, 15) is 4.79 Å². The Bertz CT molecular complexity index is 821. The second-order valence-corrected chi connectivity index (χ2v) is 9.20. The van der Waals surface area contributed by atoms with Gasteiger partial charge in [-0.25, -0.2) is 0 Å². The van der Waals surface area contributed by atoms with E-state index >= 15 is 0 Å². The van der Waals surface area contributed by atoms with E-state index < -0.39 is 0 Å². The molecule has 1 aliphatic rings. The summed E-state index contributed by atoms with van der Waals surface area (Å²) in [6.45, 7) is 7.96. The molecule has 0 aliphatic carbocycles. The van der Waals surface area contributed by atoms with Gasteiger partial charge in [0, 0.05) is 39.1 Å². The summed E-state index contributed by atoms with van der Waals surface area (Å²) in [5, 5.41) is 0. The first-order valence-corrected chi connectivity index (χ1v) is 13.1. The molecule has 186 valence electrons. The summed E-state index contributed by atoms with van der Waals surface area (Å²) in [5.41, 5.74) is 1.10. The van der Waals surface area contributed by atoms with Crippen LogP contribution < -0.4 is 4.74 Å². The number of unbranched alkanes of at least 4 members (excludes halogenated alkanes) is 6. The van der Waals surface area contributed by atoms with Crippen molar-refractivity contribution >= 4 is 5.91 Å². The van der Waals surface area contributed by atoms with Gasteiger partial charge >= 0.3 is 0 Å². The topological polar surface area (TPSA) is 42.0 Å². The van der Waals surface area contributed by atoms with Gasteiger partial charge in [-0.15, -0.1) is 0 Å². The summed E-state index contributed by atoms with van der Waals surface area (Å²) in [6, 6.07) is 17.9. The highest BCUT2D eigenvalue weighted by Crippen LogP contribution is 2.23. The van der Waals surface area contributed by atoms with Crippen LogP contribution in [0.25, 0.3) is 0 Å². The quantitative estimate of drug-likeness (QED) is 0.290. The lowest BCUT2D eigenvalue weighted by Crippen LogP contribution is -2.42. The molecule has 5 nitrogen and oxygen atoms in total. The van der Waals surface area contributed by atoms with Crippen LogP contribution in [0, 0.1) is 0 Å². The molecule has 0 unspecified atom stereocenters. The standard InChI is InChI=1S/C29H42N2O3/c1-2-3-4-5-6-7-11-17-29(32)31(19-18-30-20-22-33-23-21-30)25-26-13-12-16-28(24-26)34-27-14-9-8-10-15-27/h8-10,12-16,24H,2-7,11,17-23,25H2,1H3. The first kappa shape index (κ1) is 26.2. The third kappa shape index (κ3) is 9.86. The Morgan fingerprint density at radius 1 is 0.912 bits per heavy atom. The number of carbonyl (C=O) groups is 1. The van der Waals surface area contributed by atoms with E-state index in [2.05, 4.69) is 24.0 Å². The molecule has 2 aromatic rings. The number of para-hydroxylation sites is 1.